The van der Waals surface area contributed by atoms with E-state index >= 15 is 0 Å². The Kier molecular flexibility index (Phi) is 7.87. The van der Waals surface area contributed by atoms with Crippen LogP contribution in [0, 0.1) is 11.7 Å². The summed E-state index contributed by atoms with van der Waals surface area (Å²) in [6.07, 6.45) is 5.83. The third-order valence-electron chi connectivity index (χ3n) is 7.87. The van der Waals surface area contributed by atoms with Crippen molar-refractivity contribution in [2.24, 2.45) is 5.92 Å². The zero-order chi connectivity index (χ0) is 30.8. The average Bonchev–Trinajstić information content (AvgIpc) is 3.70. The number of benzene rings is 2. The number of carbonyl (C=O) groups excluding carboxylic acids is 2. The van der Waals surface area contributed by atoms with Gasteiger partial charge < -0.3 is 20.7 Å². The maximum absolute atomic E-state index is 13.7. The zero-order valence-corrected chi connectivity index (χ0v) is 24.2. The molecule has 2 unspecified atom stereocenters. The molecule has 1 fully saturated rings. The Balaban J connectivity index is 1.24. The predicted molar refractivity (Wildman–Crippen MR) is 159 cm³/mol. The van der Waals surface area contributed by atoms with Crippen LogP contribution in [0.5, 0.6) is 5.75 Å². The maximum Gasteiger partial charge on any atom is 0.346 e. The third kappa shape index (κ3) is 5.65. The van der Waals surface area contributed by atoms with Crippen molar-refractivity contribution in [1.29, 1.82) is 0 Å². The predicted octanol–water partition coefficient (Wildman–Crippen LogP) is 3.51. The van der Waals surface area contributed by atoms with Crippen molar-refractivity contribution in [3.8, 4) is 17.0 Å². The summed E-state index contributed by atoms with van der Waals surface area (Å²) < 4.78 is 22.0. The lowest BCUT2D eigenvalue weighted by Gasteiger charge is -2.38. The van der Waals surface area contributed by atoms with Gasteiger partial charge in [0.2, 0.25) is 0 Å². The Morgan fingerprint density at radius 1 is 1.14 bits per heavy atom. The summed E-state index contributed by atoms with van der Waals surface area (Å²) >= 11 is 0. The molecule has 0 radical (unpaired) electrons. The lowest BCUT2D eigenvalue weighted by molar-refractivity contribution is 0.0947. The average molecular weight is 599 g/mol. The van der Waals surface area contributed by atoms with Crippen LogP contribution in [0.15, 0.2) is 61.4 Å². The van der Waals surface area contributed by atoms with Crippen LogP contribution < -0.4 is 15.8 Å². The topological polar surface area (TPSA) is 159 Å². The molecule has 3 N–H and O–H groups in total. The second kappa shape index (κ2) is 12.1. The van der Waals surface area contributed by atoms with E-state index in [1.54, 1.807) is 4.68 Å². The number of anilines is 1. The highest BCUT2D eigenvalue weighted by Gasteiger charge is 2.32. The fourth-order valence-electron chi connectivity index (χ4n) is 5.59. The van der Waals surface area contributed by atoms with Gasteiger partial charge in [-0.2, -0.15) is 14.9 Å². The molecule has 0 spiro atoms. The highest BCUT2D eigenvalue weighted by molar-refractivity contribution is 5.98. The summed E-state index contributed by atoms with van der Waals surface area (Å²) in [5.74, 6) is 0.0336. The SMILES string of the molecule is COc1ccc(F)cc1C(=O)NCc1ccc(-c2nn(CC3CC(C)CCN3C(=O)n3cncn3)c3ncnc(N)c23)cc1. The molecule has 5 aromatic rings. The van der Waals surface area contributed by atoms with Crippen LogP contribution in [0.1, 0.15) is 35.7 Å². The molecule has 226 valence electrons. The third-order valence-corrected chi connectivity index (χ3v) is 7.87. The molecule has 2 amide bonds. The number of methoxy groups -OCH3 is 1. The number of hydrogen-bond donors (Lipinski definition) is 2. The first-order valence-corrected chi connectivity index (χ1v) is 14.2. The van der Waals surface area contributed by atoms with Crippen molar-refractivity contribution < 1.29 is 18.7 Å². The second-order valence-corrected chi connectivity index (χ2v) is 10.8. The van der Waals surface area contributed by atoms with Crippen LogP contribution in [0.25, 0.3) is 22.3 Å². The number of amides is 2. The summed E-state index contributed by atoms with van der Waals surface area (Å²) in [5, 5.41) is 12.4. The minimum absolute atomic E-state index is 0.116. The van der Waals surface area contributed by atoms with Gasteiger partial charge in [0.25, 0.3) is 5.91 Å². The lowest BCUT2D eigenvalue weighted by atomic mass is 9.92. The minimum atomic E-state index is -0.525. The number of nitrogens with zero attached hydrogens (tertiary/aromatic N) is 8. The molecule has 0 aliphatic carbocycles. The van der Waals surface area contributed by atoms with Gasteiger partial charge in [-0.3, -0.25) is 4.79 Å². The number of carbonyl (C=O) groups is 2. The second-order valence-electron chi connectivity index (χ2n) is 10.8. The first kappa shape index (κ1) is 28.7. The highest BCUT2D eigenvalue weighted by atomic mass is 19.1. The minimum Gasteiger partial charge on any atom is -0.496 e. The molecule has 0 saturated carbocycles. The van der Waals surface area contributed by atoms with E-state index in [9.17, 15) is 14.0 Å². The van der Waals surface area contributed by atoms with Crippen molar-refractivity contribution in [1.82, 2.24) is 44.7 Å². The molecule has 1 aliphatic rings. The molecular weight excluding hydrogens is 567 g/mol. The number of ether oxygens (including phenoxy) is 1. The van der Waals surface area contributed by atoms with E-state index in [-0.39, 0.29) is 29.9 Å². The Morgan fingerprint density at radius 3 is 2.70 bits per heavy atom. The smallest absolute Gasteiger partial charge is 0.346 e. The first-order chi connectivity index (χ1) is 21.3. The summed E-state index contributed by atoms with van der Waals surface area (Å²) in [7, 11) is 1.43. The number of nitrogen functional groups attached to an aromatic ring is 1. The Labute approximate surface area is 251 Å². The Hall–Kier alpha value is -5.40. The molecule has 13 nitrogen and oxygen atoms in total. The van der Waals surface area contributed by atoms with Crippen LogP contribution in [-0.2, 0) is 13.1 Å². The maximum atomic E-state index is 13.7. The number of halogens is 1. The molecular formula is C30H31FN10O3. The summed E-state index contributed by atoms with van der Waals surface area (Å²) in [6.45, 7) is 3.40. The summed E-state index contributed by atoms with van der Waals surface area (Å²) in [5.41, 5.74) is 9.23. The van der Waals surface area contributed by atoms with Crippen LogP contribution in [0.4, 0.5) is 15.0 Å². The molecule has 0 bridgehead atoms. The quantitative estimate of drug-likeness (QED) is 0.286. The number of rotatable bonds is 7. The lowest BCUT2D eigenvalue weighted by Crippen LogP contribution is -2.49. The van der Waals surface area contributed by atoms with Crippen molar-refractivity contribution in [2.45, 2.75) is 38.9 Å². The molecule has 2 atom stereocenters. The summed E-state index contributed by atoms with van der Waals surface area (Å²) in [6, 6.07) is 10.9. The van der Waals surface area contributed by atoms with Gasteiger partial charge in [-0.15, -0.1) is 0 Å². The number of fused-ring (bicyclic) bond motifs is 1. The van der Waals surface area contributed by atoms with E-state index in [1.807, 2.05) is 29.2 Å². The number of piperidine rings is 1. The van der Waals surface area contributed by atoms with Gasteiger partial charge >= 0.3 is 6.03 Å². The molecule has 14 heteroatoms. The fourth-order valence-corrected chi connectivity index (χ4v) is 5.59. The normalized spacial score (nSPS) is 16.7. The van der Waals surface area contributed by atoms with Gasteiger partial charge in [0.05, 0.1) is 30.6 Å². The summed E-state index contributed by atoms with van der Waals surface area (Å²) in [4.78, 5) is 40.4. The van der Waals surface area contributed by atoms with E-state index in [1.165, 1.54) is 42.9 Å². The largest absolute Gasteiger partial charge is 0.496 e. The molecule has 3 aromatic heterocycles. The number of nitrogens with two attached hydrogens (primary N) is 1. The van der Waals surface area contributed by atoms with Crippen molar-refractivity contribution in [3.05, 3.63) is 78.4 Å². The van der Waals surface area contributed by atoms with Crippen molar-refractivity contribution in [3.63, 3.8) is 0 Å². The van der Waals surface area contributed by atoms with Crippen LogP contribution in [-0.4, -0.2) is 71.0 Å². The van der Waals surface area contributed by atoms with E-state index in [4.69, 9.17) is 15.6 Å². The number of aromatic nitrogens is 7. The number of nitrogens with one attached hydrogen (secondary N) is 1. The van der Waals surface area contributed by atoms with Crippen LogP contribution in [0.2, 0.25) is 0 Å². The first-order valence-electron chi connectivity index (χ1n) is 14.2. The van der Waals surface area contributed by atoms with Gasteiger partial charge in [-0.05, 0) is 42.5 Å². The molecule has 44 heavy (non-hydrogen) atoms. The molecule has 2 aromatic carbocycles. The van der Waals surface area contributed by atoms with E-state index in [2.05, 4.69) is 32.3 Å². The highest BCUT2D eigenvalue weighted by Crippen LogP contribution is 2.32. The van der Waals surface area contributed by atoms with Gasteiger partial charge in [-0.25, -0.2) is 28.8 Å². The van der Waals surface area contributed by atoms with Crippen molar-refractivity contribution >= 4 is 28.8 Å². The van der Waals surface area contributed by atoms with E-state index in [0.29, 0.717) is 41.6 Å². The van der Waals surface area contributed by atoms with Gasteiger partial charge in [0.15, 0.2) is 5.65 Å². The number of likely N-dealkylation sites (tertiary alicyclic amines) is 1. The molecule has 6 rings (SSSR count). The van der Waals surface area contributed by atoms with E-state index in [0.717, 1.165) is 30.0 Å². The monoisotopic (exact) mass is 598 g/mol. The molecule has 1 aliphatic heterocycles. The molecule has 1 saturated heterocycles. The fraction of sp³-hybridized carbons (Fsp3) is 0.300. The Bertz CT molecular complexity index is 1810. The van der Waals surface area contributed by atoms with Gasteiger partial charge in [0, 0.05) is 18.7 Å². The van der Waals surface area contributed by atoms with Gasteiger partial charge in [0.1, 0.15) is 42.1 Å². The van der Waals surface area contributed by atoms with Crippen LogP contribution >= 0.6 is 0 Å². The van der Waals surface area contributed by atoms with Crippen LogP contribution in [0.3, 0.4) is 0 Å². The van der Waals surface area contributed by atoms with Crippen molar-refractivity contribution in [2.75, 3.05) is 19.4 Å². The van der Waals surface area contributed by atoms with Gasteiger partial charge in [-0.1, -0.05) is 31.2 Å². The zero-order valence-electron chi connectivity index (χ0n) is 24.2. The number of hydrogen-bond acceptors (Lipinski definition) is 9. The Morgan fingerprint density at radius 2 is 1.95 bits per heavy atom. The molecule has 4 heterocycles. The van der Waals surface area contributed by atoms with E-state index < -0.39 is 11.7 Å². The standard InChI is InChI=1S/C30H31FN10O3/c1-18-9-10-39(30(43)41-17-33-15-37-41)22(11-18)14-40-28-25(27(32)35-16-36-28)26(38-40)20-5-3-19(4-6-20)13-34-29(42)23-12-21(31)7-8-24(23)44-2/h3-8,12,15-18,22H,9-11,13-14H2,1-2H3,(H,34,42)(H2,32,35,36).